The van der Waals surface area contributed by atoms with Crippen LogP contribution in [0.2, 0.25) is 0 Å². The first-order valence-electron chi connectivity index (χ1n) is 6.64. The molecule has 0 unspecified atom stereocenters. The summed E-state index contributed by atoms with van der Waals surface area (Å²) in [4.78, 5) is 0. The van der Waals surface area contributed by atoms with Crippen molar-refractivity contribution in [2.45, 2.75) is 6.54 Å². The van der Waals surface area contributed by atoms with E-state index in [1.807, 2.05) is 22.8 Å². The summed E-state index contributed by atoms with van der Waals surface area (Å²) in [5.74, 6) is -0.927. The summed E-state index contributed by atoms with van der Waals surface area (Å²) in [5, 5.41) is 0. The van der Waals surface area contributed by atoms with Crippen LogP contribution in [0.15, 0.2) is 43.0 Å². The van der Waals surface area contributed by atoms with E-state index < -0.39 is 11.6 Å². The van der Waals surface area contributed by atoms with Crippen LogP contribution in [0.5, 0.6) is 0 Å². The number of nitrogens with two attached hydrogens (primary N) is 1. The topological polar surface area (TPSA) is 29.9 Å². The predicted octanol–water partition coefficient (Wildman–Crippen LogP) is 3.02. The summed E-state index contributed by atoms with van der Waals surface area (Å²) in [6.45, 7) is 4.86. The van der Waals surface area contributed by atoms with Gasteiger partial charge in [0.1, 0.15) is 11.6 Å². The summed E-state index contributed by atoms with van der Waals surface area (Å²) in [5.41, 5.74) is 7.59. The van der Waals surface area contributed by atoms with Crippen molar-refractivity contribution in [3.8, 4) is 0 Å². The largest absolute Gasteiger partial charge is 0.325 e. The molecule has 0 atom stereocenters. The van der Waals surface area contributed by atoms with Crippen LogP contribution in [0, 0.1) is 11.6 Å². The first-order valence-corrected chi connectivity index (χ1v) is 6.64. The molecule has 0 saturated heterocycles. The highest BCUT2D eigenvalue weighted by Gasteiger charge is 2.11. The predicted molar refractivity (Wildman–Crippen MR) is 81.1 cm³/mol. The van der Waals surface area contributed by atoms with Gasteiger partial charge in [-0.15, -0.1) is 0 Å². The van der Waals surface area contributed by atoms with E-state index in [0.717, 1.165) is 29.6 Å². The lowest BCUT2D eigenvalue weighted by Crippen LogP contribution is -2.43. The van der Waals surface area contributed by atoms with Gasteiger partial charge in [0.15, 0.2) is 6.54 Å². The van der Waals surface area contributed by atoms with Crippen LogP contribution in [-0.4, -0.2) is 6.54 Å². The molecular formula is C17H17F2N2+. The molecule has 2 N–H and O–H groups in total. The van der Waals surface area contributed by atoms with Crippen molar-refractivity contribution in [2.75, 3.05) is 6.54 Å². The summed E-state index contributed by atoms with van der Waals surface area (Å²) < 4.78 is 28.7. The Morgan fingerprint density at radius 1 is 1.10 bits per heavy atom. The molecule has 0 fully saturated rings. The second-order valence-corrected chi connectivity index (χ2v) is 4.52. The van der Waals surface area contributed by atoms with Crippen LogP contribution in [0.1, 0.15) is 17.0 Å². The number of hydrogen-bond donors (Lipinski definition) is 1. The third kappa shape index (κ3) is 3.61. The summed E-state index contributed by atoms with van der Waals surface area (Å²) >= 11 is 0. The molecule has 1 aromatic carbocycles. The highest BCUT2D eigenvalue weighted by Crippen LogP contribution is 2.13. The number of pyridine rings is 1. The van der Waals surface area contributed by atoms with Crippen LogP contribution in [0.25, 0.3) is 18.2 Å². The van der Waals surface area contributed by atoms with Crippen molar-refractivity contribution >= 4 is 18.2 Å². The standard InChI is InChI=1S/C17H17F2N2/c1-2-15-4-3-5-16(21(15)11-10-20)8-6-13-12-14(18)7-9-17(13)19/h2-9,12H,1,10-11,20H2/q+1/b8-6+. The highest BCUT2D eigenvalue weighted by atomic mass is 19.1. The molecule has 2 nitrogen and oxygen atoms in total. The Kier molecular flexibility index (Phi) is 4.95. The van der Waals surface area contributed by atoms with Gasteiger partial charge in [-0.1, -0.05) is 6.58 Å². The zero-order valence-electron chi connectivity index (χ0n) is 11.6. The molecule has 0 aliphatic rings. The fourth-order valence-electron chi connectivity index (χ4n) is 2.10. The van der Waals surface area contributed by atoms with Gasteiger partial charge in [0, 0.05) is 29.8 Å². The van der Waals surface area contributed by atoms with E-state index in [4.69, 9.17) is 5.73 Å². The van der Waals surface area contributed by atoms with E-state index in [-0.39, 0.29) is 5.56 Å². The normalized spacial score (nSPS) is 11.0. The first-order chi connectivity index (χ1) is 10.2. The Morgan fingerprint density at radius 3 is 2.57 bits per heavy atom. The molecular weight excluding hydrogens is 270 g/mol. The molecule has 108 valence electrons. The van der Waals surface area contributed by atoms with Crippen molar-refractivity contribution < 1.29 is 13.3 Å². The molecule has 0 saturated carbocycles. The van der Waals surface area contributed by atoms with Gasteiger partial charge in [0.2, 0.25) is 11.4 Å². The molecule has 21 heavy (non-hydrogen) atoms. The lowest BCUT2D eigenvalue weighted by molar-refractivity contribution is -0.697. The molecule has 0 bridgehead atoms. The van der Waals surface area contributed by atoms with Gasteiger partial charge >= 0.3 is 0 Å². The lowest BCUT2D eigenvalue weighted by Gasteiger charge is -2.03. The van der Waals surface area contributed by atoms with Gasteiger partial charge in [-0.25, -0.2) is 8.78 Å². The Morgan fingerprint density at radius 2 is 1.86 bits per heavy atom. The average Bonchev–Trinajstić information content (AvgIpc) is 2.49. The molecule has 0 aliphatic heterocycles. The summed E-state index contributed by atoms with van der Waals surface area (Å²) in [6.07, 6.45) is 5.02. The van der Waals surface area contributed by atoms with Crippen LogP contribution < -0.4 is 10.3 Å². The van der Waals surface area contributed by atoms with Gasteiger partial charge < -0.3 is 5.73 Å². The third-order valence-electron chi connectivity index (χ3n) is 3.11. The maximum absolute atomic E-state index is 13.6. The zero-order valence-corrected chi connectivity index (χ0v) is 11.6. The molecule has 0 amide bonds. The fourth-order valence-corrected chi connectivity index (χ4v) is 2.10. The minimum atomic E-state index is -0.467. The summed E-state index contributed by atoms with van der Waals surface area (Å²) in [6, 6.07) is 9.06. The van der Waals surface area contributed by atoms with Crippen molar-refractivity contribution in [3.63, 3.8) is 0 Å². The molecule has 4 heteroatoms. The molecule has 2 rings (SSSR count). The van der Waals surface area contributed by atoms with E-state index >= 15 is 0 Å². The SMILES string of the molecule is C=Cc1cccc(/C=C/c2cc(F)ccc2F)[n+]1CCN. The minimum Gasteiger partial charge on any atom is -0.325 e. The first kappa shape index (κ1) is 15.1. The van der Waals surface area contributed by atoms with Gasteiger partial charge in [0.05, 0.1) is 6.54 Å². The third-order valence-corrected chi connectivity index (χ3v) is 3.11. The number of nitrogens with zero attached hydrogens (tertiary/aromatic N) is 1. The van der Waals surface area contributed by atoms with Gasteiger partial charge in [0.25, 0.3) is 0 Å². The summed E-state index contributed by atoms with van der Waals surface area (Å²) in [7, 11) is 0. The number of rotatable bonds is 5. The lowest BCUT2D eigenvalue weighted by atomic mass is 10.1. The second-order valence-electron chi connectivity index (χ2n) is 4.52. The Labute approximate surface area is 122 Å². The quantitative estimate of drug-likeness (QED) is 0.842. The highest BCUT2D eigenvalue weighted by molar-refractivity contribution is 5.67. The van der Waals surface area contributed by atoms with E-state index in [0.29, 0.717) is 13.1 Å². The smallest absolute Gasteiger partial charge is 0.205 e. The minimum absolute atomic E-state index is 0.207. The zero-order chi connectivity index (χ0) is 15.2. The monoisotopic (exact) mass is 287 g/mol. The van der Waals surface area contributed by atoms with Crippen LogP contribution in [0.3, 0.4) is 0 Å². The molecule has 0 spiro atoms. The number of aromatic nitrogens is 1. The Bertz CT molecular complexity index is 678. The Hall–Kier alpha value is -2.33. The van der Waals surface area contributed by atoms with E-state index in [2.05, 4.69) is 6.58 Å². The average molecular weight is 287 g/mol. The van der Waals surface area contributed by atoms with Crippen molar-refractivity contribution in [1.82, 2.24) is 0 Å². The molecule has 0 aliphatic carbocycles. The van der Waals surface area contributed by atoms with Crippen molar-refractivity contribution in [3.05, 3.63) is 71.6 Å². The Balaban J connectivity index is 2.40. The maximum Gasteiger partial charge on any atom is 0.205 e. The molecule has 1 heterocycles. The van der Waals surface area contributed by atoms with E-state index in [1.165, 1.54) is 0 Å². The number of benzene rings is 1. The van der Waals surface area contributed by atoms with Gasteiger partial charge in [-0.3, -0.25) is 0 Å². The van der Waals surface area contributed by atoms with Gasteiger partial charge in [-0.2, -0.15) is 4.57 Å². The molecule has 0 radical (unpaired) electrons. The van der Waals surface area contributed by atoms with Crippen molar-refractivity contribution in [1.29, 1.82) is 0 Å². The fraction of sp³-hybridized carbons (Fsp3) is 0.118. The maximum atomic E-state index is 13.6. The number of halogens is 2. The van der Waals surface area contributed by atoms with Crippen LogP contribution in [0.4, 0.5) is 8.78 Å². The number of hydrogen-bond acceptors (Lipinski definition) is 1. The van der Waals surface area contributed by atoms with Gasteiger partial charge in [-0.05, 0) is 30.3 Å². The second kappa shape index (κ2) is 6.90. The van der Waals surface area contributed by atoms with Crippen LogP contribution >= 0.6 is 0 Å². The molecule has 1 aromatic heterocycles. The van der Waals surface area contributed by atoms with E-state index in [9.17, 15) is 8.78 Å². The van der Waals surface area contributed by atoms with Crippen LogP contribution in [-0.2, 0) is 6.54 Å². The van der Waals surface area contributed by atoms with Crippen molar-refractivity contribution in [2.24, 2.45) is 5.73 Å². The van der Waals surface area contributed by atoms with E-state index in [1.54, 1.807) is 18.2 Å². The molecule has 2 aromatic rings.